The largest absolute Gasteiger partial charge is 0.491 e. The molecule has 0 saturated carbocycles. The first-order chi connectivity index (χ1) is 8.81. The Labute approximate surface area is 113 Å². The zero-order chi connectivity index (χ0) is 12.8. The highest BCUT2D eigenvalue weighted by atomic mass is 32.2. The van der Waals surface area contributed by atoms with Crippen molar-refractivity contribution in [2.75, 3.05) is 25.6 Å². The van der Waals surface area contributed by atoms with Gasteiger partial charge in [-0.2, -0.15) is 0 Å². The molecule has 1 aliphatic rings. The molecule has 0 atom stereocenters. The van der Waals surface area contributed by atoms with Gasteiger partial charge in [0.2, 0.25) is 0 Å². The number of anilines is 1. The third kappa shape index (κ3) is 3.56. The van der Waals surface area contributed by atoms with E-state index in [0.29, 0.717) is 5.25 Å². The van der Waals surface area contributed by atoms with Crippen molar-refractivity contribution >= 4 is 17.4 Å². The van der Waals surface area contributed by atoms with E-state index < -0.39 is 0 Å². The highest BCUT2D eigenvalue weighted by molar-refractivity contribution is 8.00. The maximum Gasteiger partial charge on any atom is 0.143 e. The molecule has 1 aliphatic heterocycles. The minimum Gasteiger partial charge on any atom is -0.491 e. The number of nitrogen functional groups attached to an aromatic ring is 1. The molecule has 1 saturated heterocycles. The van der Waals surface area contributed by atoms with Crippen LogP contribution in [0.1, 0.15) is 26.2 Å². The SMILES string of the molecule is CCCOc1cccc(SC2CCOCC2)c1N. The third-order valence-corrected chi connectivity index (χ3v) is 4.36. The number of hydrogen-bond acceptors (Lipinski definition) is 4. The second-order valence-electron chi connectivity index (χ2n) is 4.45. The fourth-order valence-corrected chi connectivity index (χ4v) is 3.11. The van der Waals surface area contributed by atoms with Crippen LogP contribution < -0.4 is 10.5 Å². The molecule has 0 aromatic heterocycles. The Morgan fingerprint density at radius 1 is 1.39 bits per heavy atom. The van der Waals surface area contributed by atoms with E-state index in [4.69, 9.17) is 15.2 Å². The third-order valence-electron chi connectivity index (χ3n) is 2.95. The van der Waals surface area contributed by atoms with Crippen molar-refractivity contribution in [1.82, 2.24) is 0 Å². The molecule has 0 spiro atoms. The summed E-state index contributed by atoms with van der Waals surface area (Å²) in [6.07, 6.45) is 3.20. The first-order valence-electron chi connectivity index (χ1n) is 6.57. The number of hydrogen-bond donors (Lipinski definition) is 1. The van der Waals surface area contributed by atoms with Crippen LogP contribution in [0.15, 0.2) is 23.1 Å². The molecule has 1 heterocycles. The average molecular weight is 267 g/mol. The van der Waals surface area contributed by atoms with Crippen molar-refractivity contribution in [2.45, 2.75) is 36.3 Å². The van der Waals surface area contributed by atoms with E-state index in [9.17, 15) is 0 Å². The Bertz CT molecular complexity index is 378. The molecule has 1 fully saturated rings. The molecule has 2 N–H and O–H groups in total. The second kappa shape index (κ2) is 6.90. The van der Waals surface area contributed by atoms with Crippen LogP contribution in [0.2, 0.25) is 0 Å². The number of para-hydroxylation sites is 1. The van der Waals surface area contributed by atoms with E-state index in [2.05, 4.69) is 13.0 Å². The zero-order valence-corrected chi connectivity index (χ0v) is 11.7. The molecule has 1 aromatic rings. The Morgan fingerprint density at radius 2 is 2.17 bits per heavy atom. The maximum atomic E-state index is 6.16. The van der Waals surface area contributed by atoms with Crippen molar-refractivity contribution in [3.8, 4) is 5.75 Å². The highest BCUT2D eigenvalue weighted by Gasteiger charge is 2.17. The van der Waals surface area contributed by atoms with Crippen LogP contribution in [-0.4, -0.2) is 25.1 Å². The fourth-order valence-electron chi connectivity index (χ4n) is 1.94. The van der Waals surface area contributed by atoms with Gasteiger partial charge in [0, 0.05) is 23.4 Å². The summed E-state index contributed by atoms with van der Waals surface area (Å²) < 4.78 is 11.0. The summed E-state index contributed by atoms with van der Waals surface area (Å²) in [4.78, 5) is 1.13. The van der Waals surface area contributed by atoms with Gasteiger partial charge in [-0.15, -0.1) is 11.8 Å². The number of thioether (sulfide) groups is 1. The first kappa shape index (κ1) is 13.6. The van der Waals surface area contributed by atoms with Crippen LogP contribution in [0.25, 0.3) is 0 Å². The minimum atomic E-state index is 0.613. The van der Waals surface area contributed by atoms with E-state index in [-0.39, 0.29) is 0 Å². The topological polar surface area (TPSA) is 44.5 Å². The lowest BCUT2D eigenvalue weighted by atomic mass is 10.2. The van der Waals surface area contributed by atoms with E-state index in [0.717, 1.165) is 55.4 Å². The van der Waals surface area contributed by atoms with Gasteiger partial charge in [-0.3, -0.25) is 0 Å². The Morgan fingerprint density at radius 3 is 2.89 bits per heavy atom. The van der Waals surface area contributed by atoms with Crippen molar-refractivity contribution in [1.29, 1.82) is 0 Å². The molecule has 18 heavy (non-hydrogen) atoms. The fraction of sp³-hybridized carbons (Fsp3) is 0.571. The van der Waals surface area contributed by atoms with E-state index in [1.165, 1.54) is 0 Å². The molecular weight excluding hydrogens is 246 g/mol. The summed E-state index contributed by atoms with van der Waals surface area (Å²) in [6, 6.07) is 6.04. The predicted molar refractivity (Wildman–Crippen MR) is 76.3 cm³/mol. The summed E-state index contributed by atoms with van der Waals surface area (Å²) in [5, 5.41) is 0.613. The molecule has 1 aromatic carbocycles. The Kier molecular flexibility index (Phi) is 5.20. The number of rotatable bonds is 5. The average Bonchev–Trinajstić information content (AvgIpc) is 2.41. The monoisotopic (exact) mass is 267 g/mol. The second-order valence-corrected chi connectivity index (χ2v) is 5.79. The number of ether oxygens (including phenoxy) is 2. The highest BCUT2D eigenvalue weighted by Crippen LogP contribution is 2.37. The molecule has 0 aliphatic carbocycles. The predicted octanol–water partition coefficient (Wildman–Crippen LogP) is 3.33. The standard InChI is InChI=1S/C14H21NO2S/c1-2-8-17-12-4-3-5-13(14(12)15)18-11-6-9-16-10-7-11/h3-5,11H,2,6-10,15H2,1H3. The molecule has 100 valence electrons. The van der Waals surface area contributed by atoms with Crippen LogP contribution in [0, 0.1) is 0 Å². The molecule has 0 radical (unpaired) electrons. The van der Waals surface area contributed by atoms with Gasteiger partial charge >= 0.3 is 0 Å². The molecule has 3 nitrogen and oxygen atoms in total. The Balaban J connectivity index is 2.02. The van der Waals surface area contributed by atoms with Gasteiger partial charge < -0.3 is 15.2 Å². The number of benzene rings is 1. The van der Waals surface area contributed by atoms with Crippen LogP contribution in [-0.2, 0) is 4.74 Å². The van der Waals surface area contributed by atoms with Crippen LogP contribution in [0.5, 0.6) is 5.75 Å². The minimum absolute atomic E-state index is 0.613. The van der Waals surface area contributed by atoms with Gasteiger partial charge in [0.15, 0.2) is 0 Å². The van der Waals surface area contributed by atoms with Crippen molar-refractivity contribution in [3.05, 3.63) is 18.2 Å². The van der Waals surface area contributed by atoms with Gasteiger partial charge in [-0.25, -0.2) is 0 Å². The van der Waals surface area contributed by atoms with Crippen molar-refractivity contribution in [3.63, 3.8) is 0 Å². The smallest absolute Gasteiger partial charge is 0.143 e. The van der Waals surface area contributed by atoms with Crippen LogP contribution in [0.3, 0.4) is 0 Å². The molecular formula is C14H21NO2S. The number of nitrogens with two attached hydrogens (primary N) is 1. The first-order valence-corrected chi connectivity index (χ1v) is 7.45. The molecule has 0 amide bonds. The summed E-state index contributed by atoms with van der Waals surface area (Å²) >= 11 is 1.85. The van der Waals surface area contributed by atoms with Crippen LogP contribution in [0.4, 0.5) is 5.69 Å². The summed E-state index contributed by atoms with van der Waals surface area (Å²) in [5.41, 5.74) is 6.94. The van der Waals surface area contributed by atoms with Gasteiger partial charge in [-0.1, -0.05) is 13.0 Å². The lowest BCUT2D eigenvalue weighted by molar-refractivity contribution is 0.100. The molecule has 2 rings (SSSR count). The quantitative estimate of drug-likeness (QED) is 0.831. The van der Waals surface area contributed by atoms with E-state index in [1.54, 1.807) is 0 Å². The molecule has 0 bridgehead atoms. The summed E-state index contributed by atoms with van der Waals surface area (Å²) in [7, 11) is 0. The van der Waals surface area contributed by atoms with Crippen molar-refractivity contribution in [2.24, 2.45) is 0 Å². The Hall–Kier alpha value is -0.870. The van der Waals surface area contributed by atoms with Crippen molar-refractivity contribution < 1.29 is 9.47 Å². The lowest BCUT2D eigenvalue weighted by Crippen LogP contribution is -2.17. The normalized spacial score (nSPS) is 16.7. The van der Waals surface area contributed by atoms with E-state index in [1.807, 2.05) is 23.9 Å². The zero-order valence-electron chi connectivity index (χ0n) is 10.9. The molecule has 4 heteroatoms. The van der Waals surface area contributed by atoms with Gasteiger partial charge in [0.05, 0.1) is 12.3 Å². The lowest BCUT2D eigenvalue weighted by Gasteiger charge is -2.22. The summed E-state index contributed by atoms with van der Waals surface area (Å²) in [5.74, 6) is 0.814. The van der Waals surface area contributed by atoms with Gasteiger partial charge in [-0.05, 0) is 31.4 Å². The van der Waals surface area contributed by atoms with Gasteiger partial charge in [0.1, 0.15) is 5.75 Å². The van der Waals surface area contributed by atoms with E-state index >= 15 is 0 Å². The van der Waals surface area contributed by atoms with Gasteiger partial charge in [0.25, 0.3) is 0 Å². The molecule has 0 unspecified atom stereocenters. The summed E-state index contributed by atoms with van der Waals surface area (Å²) in [6.45, 7) is 4.54. The van der Waals surface area contributed by atoms with Crippen LogP contribution >= 0.6 is 11.8 Å². The maximum absolute atomic E-state index is 6.16.